The van der Waals surface area contributed by atoms with Crippen molar-refractivity contribution in [3.8, 4) is 11.1 Å². The second-order valence-electron chi connectivity index (χ2n) is 10.2. The molecule has 2 aromatic carbocycles. The van der Waals surface area contributed by atoms with Crippen molar-refractivity contribution in [3.63, 3.8) is 0 Å². The molecule has 0 aromatic heterocycles. The highest BCUT2D eigenvalue weighted by molar-refractivity contribution is 7.91. The molecule has 3 heterocycles. The number of hydrogen-bond donors (Lipinski definition) is 1. The third-order valence-corrected chi connectivity index (χ3v) is 9.48. The molecule has 0 radical (unpaired) electrons. The Balaban J connectivity index is 1.52. The van der Waals surface area contributed by atoms with Crippen LogP contribution in [0.5, 0.6) is 0 Å². The lowest BCUT2D eigenvalue weighted by Crippen LogP contribution is -2.62. The van der Waals surface area contributed by atoms with E-state index in [1.807, 2.05) is 50.2 Å². The Kier molecular flexibility index (Phi) is 7.54. The van der Waals surface area contributed by atoms with Crippen molar-refractivity contribution in [2.45, 2.75) is 49.6 Å². The van der Waals surface area contributed by atoms with Crippen LogP contribution in [0.4, 0.5) is 4.79 Å². The first-order valence-electron chi connectivity index (χ1n) is 12.3. The molecule has 0 aliphatic carbocycles. The van der Waals surface area contributed by atoms with Crippen molar-refractivity contribution in [1.82, 2.24) is 9.80 Å². The van der Waals surface area contributed by atoms with Gasteiger partial charge in [-0.25, -0.2) is 13.2 Å². The minimum absolute atomic E-state index is 0.00283. The van der Waals surface area contributed by atoms with Gasteiger partial charge >= 0.3 is 6.09 Å². The average molecular weight is 501 g/mol. The Morgan fingerprint density at radius 2 is 1.63 bits per heavy atom. The average Bonchev–Trinajstić information content (AvgIpc) is 2.85. The summed E-state index contributed by atoms with van der Waals surface area (Å²) in [6.45, 7) is 7.32. The number of methoxy groups -OCH3 is 1. The number of sulfone groups is 1. The van der Waals surface area contributed by atoms with E-state index in [1.54, 1.807) is 24.1 Å². The molecule has 2 bridgehead atoms. The summed E-state index contributed by atoms with van der Waals surface area (Å²) in [4.78, 5) is 16.8. The van der Waals surface area contributed by atoms with E-state index in [4.69, 9.17) is 4.74 Å². The Labute approximate surface area is 208 Å². The molecule has 1 atom stereocenters. The molecule has 1 unspecified atom stereocenters. The fourth-order valence-electron chi connectivity index (χ4n) is 5.60. The smallest absolute Gasteiger partial charge is 0.408 e. The van der Waals surface area contributed by atoms with E-state index in [2.05, 4.69) is 4.90 Å². The van der Waals surface area contributed by atoms with Crippen LogP contribution >= 0.6 is 0 Å². The number of piperidine rings is 3. The van der Waals surface area contributed by atoms with E-state index < -0.39 is 21.5 Å². The monoisotopic (exact) mass is 500 g/mol. The summed E-state index contributed by atoms with van der Waals surface area (Å²) < 4.78 is 29.9. The molecule has 1 amide bonds. The summed E-state index contributed by atoms with van der Waals surface area (Å²) in [6, 6.07) is 14.9. The van der Waals surface area contributed by atoms with Gasteiger partial charge in [-0.1, -0.05) is 36.4 Å². The molecular weight excluding hydrogens is 464 g/mol. The molecule has 5 rings (SSSR count). The second-order valence-corrected chi connectivity index (χ2v) is 12.3. The van der Waals surface area contributed by atoms with Crippen LogP contribution in [0.3, 0.4) is 0 Å². The summed E-state index contributed by atoms with van der Waals surface area (Å²) in [7, 11) is -1.77. The van der Waals surface area contributed by atoms with E-state index in [9.17, 15) is 18.3 Å². The van der Waals surface area contributed by atoms with Gasteiger partial charge in [0.15, 0.2) is 9.84 Å². The van der Waals surface area contributed by atoms with Gasteiger partial charge in [-0.05, 0) is 80.9 Å². The van der Waals surface area contributed by atoms with Crippen molar-refractivity contribution in [3.05, 3.63) is 54.1 Å². The molecule has 2 aromatic rings. The van der Waals surface area contributed by atoms with Crippen molar-refractivity contribution in [1.29, 1.82) is 0 Å². The number of hydrogen-bond acceptors (Lipinski definition) is 5. The van der Waals surface area contributed by atoms with Crippen LogP contribution < -0.4 is 0 Å². The van der Waals surface area contributed by atoms with Gasteiger partial charge in [-0.3, -0.25) is 4.90 Å². The van der Waals surface area contributed by atoms with Crippen LogP contribution in [0.25, 0.3) is 11.1 Å². The van der Waals surface area contributed by atoms with Gasteiger partial charge in [-0.2, -0.15) is 0 Å². The predicted octanol–water partition coefficient (Wildman–Crippen LogP) is 4.47. The SMILES string of the molecule is COCCCS(=O)(=O)c1ccc(-c2ccc(C(C)(C)N(C(=O)O)C3CN4CCC3CC4)cc2)cc1. The lowest BCUT2D eigenvalue weighted by atomic mass is 9.80. The fraction of sp³-hybridized carbons (Fsp3) is 0.519. The maximum atomic E-state index is 12.5. The highest BCUT2D eigenvalue weighted by atomic mass is 32.2. The third-order valence-electron chi connectivity index (χ3n) is 7.66. The summed E-state index contributed by atoms with van der Waals surface area (Å²) in [5.74, 6) is 0.475. The van der Waals surface area contributed by atoms with Crippen LogP contribution in [0.15, 0.2) is 53.4 Å². The predicted molar refractivity (Wildman–Crippen MR) is 136 cm³/mol. The molecule has 1 N–H and O–H groups in total. The number of rotatable bonds is 9. The zero-order valence-electron chi connectivity index (χ0n) is 20.8. The van der Waals surface area contributed by atoms with Crippen molar-refractivity contribution in [2.24, 2.45) is 5.92 Å². The quantitative estimate of drug-likeness (QED) is 0.511. The van der Waals surface area contributed by atoms with Gasteiger partial charge < -0.3 is 14.7 Å². The molecule has 0 spiro atoms. The largest absolute Gasteiger partial charge is 0.465 e. The fourth-order valence-corrected chi connectivity index (χ4v) is 6.88. The van der Waals surface area contributed by atoms with E-state index in [-0.39, 0.29) is 11.8 Å². The lowest BCUT2D eigenvalue weighted by Gasteiger charge is -2.52. The Morgan fingerprint density at radius 1 is 1.06 bits per heavy atom. The summed E-state index contributed by atoms with van der Waals surface area (Å²) in [5, 5.41) is 10.2. The van der Waals surface area contributed by atoms with E-state index in [1.165, 1.54) is 0 Å². The van der Waals surface area contributed by atoms with Gasteiger partial charge in [0, 0.05) is 20.3 Å². The number of ether oxygens (including phenoxy) is 1. The minimum Gasteiger partial charge on any atom is -0.465 e. The molecule has 190 valence electrons. The summed E-state index contributed by atoms with van der Waals surface area (Å²) in [5.41, 5.74) is 2.14. The van der Waals surface area contributed by atoms with Crippen molar-refractivity contribution in [2.75, 3.05) is 39.1 Å². The Bertz CT molecular complexity index is 1120. The molecule has 7 nitrogen and oxygen atoms in total. The zero-order valence-corrected chi connectivity index (χ0v) is 21.6. The first kappa shape index (κ1) is 25.7. The number of amides is 1. The van der Waals surface area contributed by atoms with E-state index in [0.717, 1.165) is 49.2 Å². The van der Waals surface area contributed by atoms with E-state index in [0.29, 0.717) is 23.8 Å². The molecular formula is C27H36N2O5S. The van der Waals surface area contributed by atoms with Crippen LogP contribution in [-0.4, -0.2) is 74.6 Å². The number of carboxylic acid groups (broad SMARTS) is 1. The molecule has 35 heavy (non-hydrogen) atoms. The number of fused-ring (bicyclic) bond motifs is 3. The number of benzene rings is 2. The molecule has 0 saturated carbocycles. The summed E-state index contributed by atoms with van der Waals surface area (Å²) >= 11 is 0. The maximum Gasteiger partial charge on any atom is 0.408 e. The Morgan fingerprint density at radius 3 is 2.11 bits per heavy atom. The van der Waals surface area contributed by atoms with Gasteiger partial charge in [0.05, 0.1) is 22.2 Å². The number of nitrogens with zero attached hydrogens (tertiary/aromatic N) is 2. The second kappa shape index (κ2) is 10.3. The highest BCUT2D eigenvalue weighted by Crippen LogP contribution is 2.38. The van der Waals surface area contributed by atoms with Gasteiger partial charge in [0.2, 0.25) is 0 Å². The molecule has 3 aliphatic rings. The van der Waals surface area contributed by atoms with Crippen molar-refractivity contribution >= 4 is 15.9 Å². The molecule has 3 saturated heterocycles. The zero-order chi connectivity index (χ0) is 25.2. The third kappa shape index (κ3) is 5.39. The Hall–Kier alpha value is -2.42. The van der Waals surface area contributed by atoms with Crippen LogP contribution in [-0.2, 0) is 20.1 Å². The first-order chi connectivity index (χ1) is 16.6. The van der Waals surface area contributed by atoms with Crippen LogP contribution in [0.2, 0.25) is 0 Å². The van der Waals surface area contributed by atoms with E-state index >= 15 is 0 Å². The molecule has 8 heteroatoms. The summed E-state index contributed by atoms with van der Waals surface area (Å²) in [6.07, 6.45) is 1.70. The standard InChI is InChI=1S/C27H36N2O5S/c1-27(2,29(26(30)31)25-19-28-15-13-22(25)14-16-28)23-9-5-20(6-10-23)21-7-11-24(12-8-21)35(32,33)18-4-17-34-3/h5-12,22,25H,4,13-19H2,1-3H3,(H,30,31). The first-order valence-corrected chi connectivity index (χ1v) is 14.0. The topological polar surface area (TPSA) is 87.2 Å². The minimum atomic E-state index is -3.33. The lowest BCUT2D eigenvalue weighted by molar-refractivity contribution is -0.0289. The van der Waals surface area contributed by atoms with Gasteiger partial charge in [0.25, 0.3) is 0 Å². The van der Waals surface area contributed by atoms with Gasteiger partial charge in [0.1, 0.15) is 0 Å². The normalized spacial score (nSPS) is 22.2. The molecule has 3 aliphatic heterocycles. The van der Waals surface area contributed by atoms with Crippen LogP contribution in [0.1, 0.15) is 38.7 Å². The van der Waals surface area contributed by atoms with Crippen LogP contribution in [0, 0.1) is 5.92 Å². The maximum absolute atomic E-state index is 12.5. The molecule has 3 fully saturated rings. The number of carbonyl (C=O) groups is 1. The highest BCUT2D eigenvalue weighted by Gasteiger charge is 2.45. The van der Waals surface area contributed by atoms with Gasteiger partial charge in [-0.15, -0.1) is 0 Å². The van der Waals surface area contributed by atoms with Crippen molar-refractivity contribution < 1.29 is 23.1 Å².